The van der Waals surface area contributed by atoms with Crippen molar-refractivity contribution in [1.29, 1.82) is 0 Å². The normalized spacial score (nSPS) is 10.7. The van der Waals surface area contributed by atoms with E-state index >= 15 is 0 Å². The molecular formula is C16H12BrNO2S. The number of rotatable bonds is 4. The lowest BCUT2D eigenvalue weighted by Gasteiger charge is -2.03. The average molecular weight is 362 g/mol. The van der Waals surface area contributed by atoms with Gasteiger partial charge >= 0.3 is 5.97 Å². The van der Waals surface area contributed by atoms with Crippen LogP contribution in [0.2, 0.25) is 0 Å². The third-order valence-corrected chi connectivity index (χ3v) is 4.50. The van der Waals surface area contributed by atoms with Gasteiger partial charge < -0.3 is 4.74 Å². The van der Waals surface area contributed by atoms with Crippen molar-refractivity contribution >= 4 is 43.5 Å². The van der Waals surface area contributed by atoms with Crippen molar-refractivity contribution in [1.82, 2.24) is 4.98 Å². The monoisotopic (exact) mass is 361 g/mol. The summed E-state index contributed by atoms with van der Waals surface area (Å²) in [5, 5.41) is 0.961. The third-order valence-electron chi connectivity index (χ3n) is 2.91. The largest absolute Gasteiger partial charge is 0.426 e. The van der Waals surface area contributed by atoms with Gasteiger partial charge in [-0.2, -0.15) is 0 Å². The van der Waals surface area contributed by atoms with Crippen LogP contribution in [0.25, 0.3) is 10.2 Å². The maximum atomic E-state index is 11.9. The predicted octanol–water partition coefficient (Wildman–Crippen LogP) is 4.60. The highest BCUT2D eigenvalue weighted by molar-refractivity contribution is 9.10. The van der Waals surface area contributed by atoms with Crippen LogP contribution in [-0.4, -0.2) is 11.0 Å². The Balaban J connectivity index is 1.60. The second kappa shape index (κ2) is 6.37. The number of fused-ring (bicyclic) bond motifs is 1. The molecule has 0 aliphatic rings. The van der Waals surface area contributed by atoms with Gasteiger partial charge in [0.25, 0.3) is 0 Å². The summed E-state index contributed by atoms with van der Waals surface area (Å²) >= 11 is 4.97. The van der Waals surface area contributed by atoms with Gasteiger partial charge in [0.05, 0.1) is 21.6 Å². The van der Waals surface area contributed by atoms with Crippen molar-refractivity contribution in [3.63, 3.8) is 0 Å². The zero-order chi connectivity index (χ0) is 14.7. The first-order valence-corrected chi connectivity index (χ1v) is 8.12. The molecule has 0 bridgehead atoms. The number of benzene rings is 2. The molecule has 106 valence electrons. The Morgan fingerprint density at radius 1 is 1.19 bits per heavy atom. The average Bonchev–Trinajstić information content (AvgIpc) is 2.88. The van der Waals surface area contributed by atoms with Crippen LogP contribution < -0.4 is 4.74 Å². The summed E-state index contributed by atoms with van der Waals surface area (Å²) in [4.78, 5) is 16.4. The first-order chi connectivity index (χ1) is 10.2. The molecule has 5 heteroatoms. The van der Waals surface area contributed by atoms with E-state index in [4.69, 9.17) is 4.74 Å². The lowest BCUT2D eigenvalue weighted by atomic mass is 10.3. The Morgan fingerprint density at radius 3 is 2.86 bits per heavy atom. The molecule has 0 radical (unpaired) electrons. The Labute approximate surface area is 134 Å². The van der Waals surface area contributed by atoms with Crippen LogP contribution in [0, 0.1) is 0 Å². The van der Waals surface area contributed by atoms with Gasteiger partial charge in [-0.1, -0.05) is 34.1 Å². The van der Waals surface area contributed by atoms with Crippen LogP contribution in [0.5, 0.6) is 5.75 Å². The number of aromatic nitrogens is 1. The first kappa shape index (κ1) is 14.2. The molecule has 1 aromatic heterocycles. The van der Waals surface area contributed by atoms with E-state index < -0.39 is 0 Å². The molecule has 0 aliphatic carbocycles. The third kappa shape index (κ3) is 3.68. The fraction of sp³-hybridized carbons (Fsp3) is 0.125. The summed E-state index contributed by atoms with van der Waals surface area (Å²) < 4.78 is 7.33. The number of aryl methyl sites for hydroxylation is 1. The number of halogens is 1. The molecule has 0 saturated heterocycles. The number of ether oxygens (including phenoxy) is 1. The molecule has 0 amide bonds. The molecule has 0 spiro atoms. The zero-order valence-corrected chi connectivity index (χ0v) is 13.5. The first-order valence-electron chi connectivity index (χ1n) is 6.51. The van der Waals surface area contributed by atoms with Gasteiger partial charge in [-0.25, -0.2) is 4.98 Å². The van der Waals surface area contributed by atoms with Crippen molar-refractivity contribution in [3.05, 3.63) is 58.0 Å². The van der Waals surface area contributed by atoms with Crippen LogP contribution in [0.3, 0.4) is 0 Å². The lowest BCUT2D eigenvalue weighted by Crippen LogP contribution is -2.08. The second-order valence-electron chi connectivity index (χ2n) is 4.51. The fourth-order valence-corrected chi connectivity index (χ4v) is 3.29. The number of esters is 1. The van der Waals surface area contributed by atoms with Gasteiger partial charge in [-0.15, -0.1) is 11.3 Å². The van der Waals surface area contributed by atoms with Gasteiger partial charge in [-0.3, -0.25) is 4.79 Å². The summed E-state index contributed by atoms with van der Waals surface area (Å²) in [6, 6.07) is 15.2. The topological polar surface area (TPSA) is 39.2 Å². The van der Waals surface area contributed by atoms with E-state index in [9.17, 15) is 4.79 Å². The van der Waals surface area contributed by atoms with E-state index in [-0.39, 0.29) is 5.97 Å². The van der Waals surface area contributed by atoms with Crippen LogP contribution >= 0.6 is 27.3 Å². The maximum Gasteiger partial charge on any atom is 0.311 e. The number of para-hydroxylation sites is 1. The van der Waals surface area contributed by atoms with Crippen LogP contribution in [-0.2, 0) is 11.2 Å². The highest BCUT2D eigenvalue weighted by Gasteiger charge is 2.09. The number of hydrogen-bond donors (Lipinski definition) is 0. The second-order valence-corrected chi connectivity index (χ2v) is 6.54. The minimum atomic E-state index is -0.243. The number of nitrogens with zero attached hydrogens (tertiary/aromatic N) is 1. The summed E-state index contributed by atoms with van der Waals surface area (Å²) in [7, 11) is 0. The Hall–Kier alpha value is -1.72. The Morgan fingerprint density at radius 2 is 2.05 bits per heavy atom. The van der Waals surface area contributed by atoms with Crippen molar-refractivity contribution in [2.45, 2.75) is 12.8 Å². The smallest absolute Gasteiger partial charge is 0.311 e. The Kier molecular flexibility index (Phi) is 4.31. The van der Waals surface area contributed by atoms with Crippen LogP contribution in [0.15, 0.2) is 53.0 Å². The fourth-order valence-electron chi connectivity index (χ4n) is 1.95. The number of carbonyl (C=O) groups excluding carboxylic acids is 1. The molecule has 0 aliphatic heterocycles. The molecule has 21 heavy (non-hydrogen) atoms. The highest BCUT2D eigenvalue weighted by atomic mass is 79.9. The molecule has 3 aromatic rings. The van der Waals surface area contributed by atoms with Gasteiger partial charge in [0.1, 0.15) is 5.75 Å². The zero-order valence-electron chi connectivity index (χ0n) is 11.1. The van der Waals surface area contributed by atoms with Crippen molar-refractivity contribution in [3.8, 4) is 5.75 Å². The standard InChI is InChI=1S/C16H12BrNO2S/c17-11-4-3-5-12(10-11)20-16(19)9-8-15-18-13-6-1-2-7-14(13)21-15/h1-7,10H,8-9H2. The van der Waals surface area contributed by atoms with E-state index in [1.165, 1.54) is 0 Å². The molecular weight excluding hydrogens is 350 g/mol. The van der Waals surface area contributed by atoms with Crippen LogP contribution in [0.1, 0.15) is 11.4 Å². The molecule has 0 unspecified atom stereocenters. The summed E-state index contributed by atoms with van der Waals surface area (Å²) in [5.41, 5.74) is 0.984. The van der Waals surface area contributed by atoms with Crippen molar-refractivity contribution < 1.29 is 9.53 Å². The van der Waals surface area contributed by atoms with Gasteiger partial charge in [0.2, 0.25) is 0 Å². The minimum absolute atomic E-state index is 0.243. The number of hydrogen-bond acceptors (Lipinski definition) is 4. The van der Waals surface area contributed by atoms with Crippen molar-refractivity contribution in [2.24, 2.45) is 0 Å². The van der Waals surface area contributed by atoms with E-state index in [2.05, 4.69) is 20.9 Å². The molecule has 0 saturated carbocycles. The maximum absolute atomic E-state index is 11.9. The summed E-state index contributed by atoms with van der Waals surface area (Å²) in [6.07, 6.45) is 0.929. The minimum Gasteiger partial charge on any atom is -0.426 e. The molecule has 0 atom stereocenters. The molecule has 3 nitrogen and oxygen atoms in total. The SMILES string of the molecule is O=C(CCc1nc2ccccc2s1)Oc1cccc(Br)c1. The van der Waals surface area contributed by atoms with E-state index in [0.29, 0.717) is 18.6 Å². The molecule has 1 heterocycles. The van der Waals surface area contributed by atoms with E-state index in [1.807, 2.05) is 36.4 Å². The van der Waals surface area contributed by atoms with E-state index in [0.717, 1.165) is 19.7 Å². The summed E-state index contributed by atoms with van der Waals surface area (Å²) in [5.74, 6) is 0.311. The quantitative estimate of drug-likeness (QED) is 0.503. The number of carbonyl (C=O) groups is 1. The van der Waals surface area contributed by atoms with Gasteiger partial charge in [-0.05, 0) is 30.3 Å². The summed E-state index contributed by atoms with van der Waals surface area (Å²) in [6.45, 7) is 0. The van der Waals surface area contributed by atoms with Gasteiger partial charge in [0, 0.05) is 10.9 Å². The van der Waals surface area contributed by atoms with Gasteiger partial charge in [0.15, 0.2) is 0 Å². The van der Waals surface area contributed by atoms with Crippen molar-refractivity contribution in [2.75, 3.05) is 0 Å². The Bertz CT molecular complexity index is 752. The molecule has 2 aromatic carbocycles. The highest BCUT2D eigenvalue weighted by Crippen LogP contribution is 2.23. The van der Waals surface area contributed by atoms with Crippen LogP contribution in [0.4, 0.5) is 0 Å². The molecule has 3 rings (SSSR count). The van der Waals surface area contributed by atoms with E-state index in [1.54, 1.807) is 23.5 Å². The number of thiazole rings is 1. The lowest BCUT2D eigenvalue weighted by molar-refractivity contribution is -0.134. The molecule has 0 N–H and O–H groups in total. The predicted molar refractivity (Wildman–Crippen MR) is 87.7 cm³/mol. The molecule has 0 fully saturated rings.